The van der Waals surface area contributed by atoms with Crippen molar-refractivity contribution in [2.45, 2.75) is 63.2 Å². The lowest BCUT2D eigenvalue weighted by Gasteiger charge is -2.23. The normalized spacial score (nSPS) is 14.2. The minimum absolute atomic E-state index is 0.0828. The van der Waals surface area contributed by atoms with Crippen LogP contribution in [0.1, 0.15) is 39.0 Å². The summed E-state index contributed by atoms with van der Waals surface area (Å²) < 4.78 is 0. The van der Waals surface area contributed by atoms with E-state index < -0.39 is 72.0 Å². The van der Waals surface area contributed by atoms with Crippen molar-refractivity contribution in [1.82, 2.24) is 16.0 Å². The van der Waals surface area contributed by atoms with Gasteiger partial charge >= 0.3 is 5.97 Å². The highest BCUT2D eigenvalue weighted by Crippen LogP contribution is 2.02. The van der Waals surface area contributed by atoms with E-state index in [-0.39, 0.29) is 25.7 Å². The topological polar surface area (TPSA) is 280 Å². The first-order chi connectivity index (χ1) is 14.7. The molecule has 0 bridgehead atoms. The monoisotopic (exact) mass is 459 g/mol. The predicted molar refractivity (Wildman–Crippen MR) is 108 cm³/mol. The number of carboxylic acids is 1. The van der Waals surface area contributed by atoms with Crippen molar-refractivity contribution >= 4 is 41.4 Å². The molecule has 0 aliphatic rings. The summed E-state index contributed by atoms with van der Waals surface area (Å²) in [5, 5.41) is 15.6. The number of hydrogen-bond acceptors (Lipinski definition) is 8. The predicted octanol–water partition coefficient (Wildman–Crippen LogP) is -4.72. The Balaban J connectivity index is 5.14. The van der Waals surface area contributed by atoms with Gasteiger partial charge in [-0.15, -0.1) is 0 Å². The van der Waals surface area contributed by atoms with E-state index in [1.165, 1.54) is 6.92 Å². The number of nitrogens with two attached hydrogens (primary N) is 4. The van der Waals surface area contributed by atoms with Gasteiger partial charge in [-0.05, 0) is 19.8 Å². The van der Waals surface area contributed by atoms with E-state index in [4.69, 9.17) is 28.0 Å². The lowest BCUT2D eigenvalue weighted by Crippen LogP contribution is -2.56. The van der Waals surface area contributed by atoms with Crippen molar-refractivity contribution in [3.05, 3.63) is 0 Å². The average Bonchev–Trinajstić information content (AvgIpc) is 2.67. The second-order valence-electron chi connectivity index (χ2n) is 6.98. The molecule has 0 aliphatic heterocycles. The van der Waals surface area contributed by atoms with E-state index in [0.717, 1.165) is 0 Å². The second kappa shape index (κ2) is 13.5. The Bertz CT molecular complexity index is 757. The zero-order valence-corrected chi connectivity index (χ0v) is 17.5. The highest BCUT2D eigenvalue weighted by Gasteiger charge is 2.29. The maximum absolute atomic E-state index is 12.5. The Morgan fingerprint density at radius 2 is 1.22 bits per heavy atom. The van der Waals surface area contributed by atoms with Crippen molar-refractivity contribution in [1.29, 1.82) is 0 Å². The fourth-order valence-electron chi connectivity index (χ4n) is 2.34. The minimum atomic E-state index is -1.60. The van der Waals surface area contributed by atoms with E-state index in [1.807, 2.05) is 5.32 Å². The molecule has 0 aromatic heterocycles. The molecule has 32 heavy (non-hydrogen) atoms. The molecular weight excluding hydrogens is 430 g/mol. The van der Waals surface area contributed by atoms with Gasteiger partial charge in [0.2, 0.25) is 35.4 Å². The maximum atomic E-state index is 12.5. The molecule has 0 aliphatic carbocycles. The molecule has 0 saturated heterocycles. The van der Waals surface area contributed by atoms with E-state index in [9.17, 15) is 33.6 Å². The largest absolute Gasteiger partial charge is 0.480 e. The second-order valence-corrected chi connectivity index (χ2v) is 6.98. The molecule has 0 spiro atoms. The van der Waals surface area contributed by atoms with Crippen molar-refractivity contribution < 1.29 is 38.7 Å². The lowest BCUT2D eigenvalue weighted by atomic mass is 10.1. The van der Waals surface area contributed by atoms with Crippen LogP contribution in [-0.4, -0.2) is 70.7 Å². The summed E-state index contributed by atoms with van der Waals surface area (Å²) in [6.07, 6.45) is -1.42. The van der Waals surface area contributed by atoms with Crippen molar-refractivity contribution in [2.24, 2.45) is 22.9 Å². The summed E-state index contributed by atoms with van der Waals surface area (Å²) in [6.45, 7) is 1.22. The van der Waals surface area contributed by atoms with Gasteiger partial charge in [-0.25, -0.2) is 4.79 Å². The SMILES string of the molecule is CC(NC(=O)C(CCC(N)=O)NC(=O)C(N)CCC(N)=O)C(=O)NC(CC(N)=O)C(=O)O. The third kappa shape index (κ3) is 11.4. The quantitative estimate of drug-likeness (QED) is 0.116. The van der Waals surface area contributed by atoms with Crippen LogP contribution < -0.4 is 38.9 Å². The van der Waals surface area contributed by atoms with Crippen LogP contribution in [0.25, 0.3) is 0 Å². The molecule has 0 aromatic carbocycles. The summed E-state index contributed by atoms with van der Waals surface area (Å²) in [5.41, 5.74) is 20.6. The van der Waals surface area contributed by atoms with Crippen LogP contribution in [0, 0.1) is 0 Å². The van der Waals surface area contributed by atoms with Gasteiger partial charge in [-0.3, -0.25) is 28.8 Å². The molecule has 180 valence electrons. The molecule has 4 atom stereocenters. The minimum Gasteiger partial charge on any atom is -0.480 e. The first-order valence-corrected chi connectivity index (χ1v) is 9.49. The summed E-state index contributed by atoms with van der Waals surface area (Å²) in [4.78, 5) is 80.8. The third-order valence-corrected chi connectivity index (χ3v) is 4.12. The zero-order valence-electron chi connectivity index (χ0n) is 17.5. The smallest absolute Gasteiger partial charge is 0.326 e. The molecule has 15 nitrogen and oxygen atoms in total. The fraction of sp³-hybridized carbons (Fsp3) is 0.588. The Morgan fingerprint density at radius 3 is 1.69 bits per heavy atom. The van der Waals surface area contributed by atoms with Crippen LogP contribution >= 0.6 is 0 Å². The number of carbonyl (C=O) groups is 7. The molecule has 15 heteroatoms. The molecule has 12 N–H and O–H groups in total. The van der Waals surface area contributed by atoms with Crippen molar-refractivity contribution in [3.63, 3.8) is 0 Å². The molecule has 0 heterocycles. The lowest BCUT2D eigenvalue weighted by molar-refractivity contribution is -0.143. The third-order valence-electron chi connectivity index (χ3n) is 4.12. The standard InChI is InChI=1S/C17H29N7O8/c1-7(14(28)24-10(17(31)32)6-13(21)27)22-16(30)9(3-5-12(20)26)23-15(29)8(18)2-4-11(19)25/h7-10H,2-6,18H2,1H3,(H2,19,25)(H2,20,26)(H2,21,27)(H,22,30)(H,23,29)(H,24,28)(H,31,32). The van der Waals surface area contributed by atoms with Gasteiger partial charge in [0.1, 0.15) is 18.1 Å². The molecule has 0 radical (unpaired) electrons. The molecule has 0 aromatic rings. The number of carboxylic acid groups (broad SMARTS) is 1. The molecule has 0 rings (SSSR count). The molecule has 4 unspecified atom stereocenters. The average molecular weight is 459 g/mol. The van der Waals surface area contributed by atoms with Gasteiger partial charge in [0.25, 0.3) is 0 Å². The summed E-state index contributed by atoms with van der Waals surface area (Å²) in [5.74, 6) is -6.52. The highest BCUT2D eigenvalue weighted by atomic mass is 16.4. The first kappa shape index (κ1) is 28.2. The Morgan fingerprint density at radius 1 is 0.719 bits per heavy atom. The van der Waals surface area contributed by atoms with E-state index in [1.54, 1.807) is 0 Å². The van der Waals surface area contributed by atoms with Gasteiger partial charge in [0, 0.05) is 12.8 Å². The van der Waals surface area contributed by atoms with Crippen LogP contribution in [0.4, 0.5) is 0 Å². The zero-order chi connectivity index (χ0) is 25.0. The number of aliphatic carboxylic acids is 1. The van der Waals surface area contributed by atoms with Gasteiger partial charge in [-0.2, -0.15) is 0 Å². The number of rotatable bonds is 15. The molecule has 0 saturated carbocycles. The summed E-state index contributed by atoms with van der Waals surface area (Å²) in [6, 6.07) is -5.37. The maximum Gasteiger partial charge on any atom is 0.326 e. The number of carbonyl (C=O) groups excluding carboxylic acids is 6. The Kier molecular flexibility index (Phi) is 11.9. The first-order valence-electron chi connectivity index (χ1n) is 9.49. The number of nitrogens with one attached hydrogen (secondary N) is 3. The Hall–Kier alpha value is -3.75. The van der Waals surface area contributed by atoms with E-state index in [2.05, 4.69) is 10.6 Å². The van der Waals surface area contributed by atoms with Crippen LogP contribution in [0.5, 0.6) is 0 Å². The van der Waals surface area contributed by atoms with Gasteiger partial charge in [0.05, 0.1) is 12.5 Å². The molecule has 6 amide bonds. The Labute approximate surface area is 183 Å². The van der Waals surface area contributed by atoms with Crippen LogP contribution in [0.2, 0.25) is 0 Å². The van der Waals surface area contributed by atoms with E-state index in [0.29, 0.717) is 0 Å². The van der Waals surface area contributed by atoms with Gasteiger partial charge in [-0.1, -0.05) is 0 Å². The number of amides is 6. The van der Waals surface area contributed by atoms with Gasteiger partial charge in [0.15, 0.2) is 0 Å². The van der Waals surface area contributed by atoms with Crippen LogP contribution in [0.15, 0.2) is 0 Å². The molecule has 0 fully saturated rings. The summed E-state index contributed by atoms with van der Waals surface area (Å²) in [7, 11) is 0. The van der Waals surface area contributed by atoms with E-state index >= 15 is 0 Å². The number of primary amides is 3. The van der Waals surface area contributed by atoms with Crippen LogP contribution in [0.3, 0.4) is 0 Å². The van der Waals surface area contributed by atoms with Crippen LogP contribution in [-0.2, 0) is 33.6 Å². The summed E-state index contributed by atoms with van der Waals surface area (Å²) >= 11 is 0. The van der Waals surface area contributed by atoms with Crippen molar-refractivity contribution in [3.8, 4) is 0 Å². The van der Waals surface area contributed by atoms with Crippen molar-refractivity contribution in [2.75, 3.05) is 0 Å². The highest BCUT2D eigenvalue weighted by molar-refractivity contribution is 5.95. The molecular formula is C17H29N7O8. The fourth-order valence-corrected chi connectivity index (χ4v) is 2.34. The van der Waals surface area contributed by atoms with Gasteiger partial charge < -0.3 is 44.0 Å². The number of hydrogen-bond donors (Lipinski definition) is 8.